The summed E-state index contributed by atoms with van der Waals surface area (Å²) in [5.41, 5.74) is 5.08. The highest BCUT2D eigenvalue weighted by Gasteiger charge is 2.18. The van der Waals surface area contributed by atoms with Crippen LogP contribution in [0.15, 0.2) is 78.9 Å². The van der Waals surface area contributed by atoms with Gasteiger partial charge in [0.1, 0.15) is 5.75 Å². The van der Waals surface area contributed by atoms with Crippen LogP contribution in [0.5, 0.6) is 5.75 Å². The number of hydrogen-bond donors (Lipinski definition) is 3. The number of carboxylic acids is 2. The number of likely N-dealkylation sites (N-methyl/N-ethyl adjacent to an activating group) is 1. The minimum Gasteiger partial charge on any atom is -0.495 e. The third-order valence-electron chi connectivity index (χ3n) is 5.92. The van der Waals surface area contributed by atoms with E-state index in [-0.39, 0.29) is 5.91 Å². The number of rotatable bonds is 6. The lowest BCUT2D eigenvalue weighted by molar-refractivity contribution is -0.159. The van der Waals surface area contributed by atoms with Gasteiger partial charge in [-0.05, 0) is 48.0 Å². The molecule has 0 spiro atoms. The molecule has 0 aliphatic carbocycles. The van der Waals surface area contributed by atoms with E-state index in [2.05, 4.69) is 46.4 Å². The lowest BCUT2D eigenvalue weighted by Gasteiger charge is -2.34. The monoisotopic (exact) mass is 517 g/mol. The van der Waals surface area contributed by atoms with Gasteiger partial charge in [0, 0.05) is 37.9 Å². The second-order valence-corrected chi connectivity index (χ2v) is 8.60. The molecule has 1 amide bonds. The topological polar surface area (TPSA) is 119 Å². The maximum Gasteiger partial charge on any atom is 0.414 e. The zero-order valence-corrected chi connectivity index (χ0v) is 21.3. The third-order valence-corrected chi connectivity index (χ3v) is 5.92. The average Bonchev–Trinajstić information content (AvgIpc) is 2.93. The molecule has 0 atom stereocenters. The lowest BCUT2D eigenvalue weighted by Crippen LogP contribution is -2.44. The third kappa shape index (κ3) is 8.21. The molecule has 38 heavy (non-hydrogen) atoms. The normalized spacial score (nSPS) is 13.4. The Bertz CT molecular complexity index is 1260. The van der Waals surface area contributed by atoms with Crippen LogP contribution in [0.2, 0.25) is 0 Å². The summed E-state index contributed by atoms with van der Waals surface area (Å²) in [5, 5.41) is 17.8. The highest BCUT2D eigenvalue weighted by atomic mass is 16.5. The summed E-state index contributed by atoms with van der Waals surface area (Å²) in [6.07, 6.45) is 3.40. The van der Waals surface area contributed by atoms with Crippen LogP contribution in [0.4, 0.5) is 11.4 Å². The van der Waals surface area contributed by atoms with Crippen molar-refractivity contribution in [3.8, 4) is 16.9 Å². The van der Waals surface area contributed by atoms with Crippen molar-refractivity contribution in [2.75, 3.05) is 50.6 Å². The number of amides is 1. The van der Waals surface area contributed by atoms with Gasteiger partial charge in [-0.1, -0.05) is 54.6 Å². The van der Waals surface area contributed by atoms with Gasteiger partial charge < -0.3 is 30.1 Å². The van der Waals surface area contributed by atoms with E-state index in [9.17, 15) is 4.79 Å². The van der Waals surface area contributed by atoms with Crippen molar-refractivity contribution in [2.45, 2.75) is 0 Å². The molecule has 0 aromatic heterocycles. The van der Waals surface area contributed by atoms with Crippen LogP contribution < -0.4 is 15.0 Å². The number of carbonyl (C=O) groups excluding carboxylic acids is 1. The number of aliphatic carboxylic acids is 2. The maximum absolute atomic E-state index is 12.5. The zero-order valence-electron chi connectivity index (χ0n) is 21.3. The van der Waals surface area contributed by atoms with Gasteiger partial charge in [-0.15, -0.1) is 0 Å². The summed E-state index contributed by atoms with van der Waals surface area (Å²) < 4.78 is 5.55. The second-order valence-electron chi connectivity index (χ2n) is 8.60. The van der Waals surface area contributed by atoms with Crippen molar-refractivity contribution in [1.29, 1.82) is 0 Å². The molecule has 198 valence electrons. The van der Waals surface area contributed by atoms with Crippen LogP contribution in [0.25, 0.3) is 17.2 Å². The van der Waals surface area contributed by atoms with Crippen LogP contribution in [-0.2, 0) is 14.4 Å². The van der Waals surface area contributed by atoms with Crippen molar-refractivity contribution in [2.24, 2.45) is 0 Å². The molecule has 1 aliphatic heterocycles. The van der Waals surface area contributed by atoms with Gasteiger partial charge in [-0.25, -0.2) is 9.59 Å². The summed E-state index contributed by atoms with van der Waals surface area (Å²) in [7, 11) is 3.81. The smallest absolute Gasteiger partial charge is 0.414 e. The van der Waals surface area contributed by atoms with Crippen LogP contribution in [0.1, 0.15) is 5.56 Å². The molecule has 0 radical (unpaired) electrons. The molecule has 1 fully saturated rings. The standard InChI is InChI=1S/C27H29N3O2.C2H2O4/c1-29-16-18-30(19-17-29)25-20-24(13-14-26(25)32-2)28-27(31)15-10-21-8-11-23(12-9-21)22-6-4-3-5-7-22;3-1(4)2(5)6/h3-15,20H,16-19H2,1-2H3,(H,28,31);(H,3,4)(H,5,6)/b15-10+;. The number of carboxylic acid groups (broad SMARTS) is 2. The number of carbonyl (C=O) groups is 3. The van der Waals surface area contributed by atoms with Gasteiger partial charge in [0.25, 0.3) is 0 Å². The van der Waals surface area contributed by atoms with E-state index in [1.165, 1.54) is 5.56 Å². The summed E-state index contributed by atoms with van der Waals surface area (Å²) >= 11 is 0. The van der Waals surface area contributed by atoms with Crippen LogP contribution in [-0.4, -0.2) is 73.3 Å². The van der Waals surface area contributed by atoms with E-state index >= 15 is 0 Å². The average molecular weight is 518 g/mol. The summed E-state index contributed by atoms with van der Waals surface area (Å²) in [5.74, 6) is -2.99. The fourth-order valence-electron chi connectivity index (χ4n) is 3.84. The van der Waals surface area contributed by atoms with E-state index < -0.39 is 11.9 Å². The Balaban J connectivity index is 0.000000599. The van der Waals surface area contributed by atoms with E-state index in [0.29, 0.717) is 0 Å². The molecular weight excluding hydrogens is 486 g/mol. The van der Waals surface area contributed by atoms with Gasteiger partial charge >= 0.3 is 11.9 Å². The Hall–Kier alpha value is -4.63. The Labute approximate surface area is 221 Å². The quantitative estimate of drug-likeness (QED) is 0.333. The first kappa shape index (κ1) is 27.9. The fraction of sp³-hybridized carbons (Fsp3) is 0.207. The number of nitrogens with zero attached hydrogens (tertiary/aromatic N) is 2. The molecule has 9 nitrogen and oxygen atoms in total. The minimum atomic E-state index is -1.82. The first-order chi connectivity index (χ1) is 18.3. The maximum atomic E-state index is 12.5. The number of hydrogen-bond acceptors (Lipinski definition) is 6. The highest BCUT2D eigenvalue weighted by Crippen LogP contribution is 2.32. The van der Waals surface area contributed by atoms with Crippen LogP contribution >= 0.6 is 0 Å². The predicted molar refractivity (Wildman–Crippen MR) is 148 cm³/mol. The minimum absolute atomic E-state index is 0.161. The van der Waals surface area contributed by atoms with Crippen molar-refractivity contribution < 1.29 is 29.3 Å². The Morgan fingerprint density at radius 1 is 0.842 bits per heavy atom. The van der Waals surface area contributed by atoms with Crippen LogP contribution in [0.3, 0.4) is 0 Å². The van der Waals surface area contributed by atoms with E-state index in [4.69, 9.17) is 24.5 Å². The lowest BCUT2D eigenvalue weighted by atomic mass is 10.0. The Kier molecular flexibility index (Phi) is 10.0. The van der Waals surface area contributed by atoms with Gasteiger partial charge in [0.05, 0.1) is 12.8 Å². The molecule has 1 aliphatic rings. The molecule has 9 heteroatoms. The first-order valence-corrected chi connectivity index (χ1v) is 12.0. The van der Waals surface area contributed by atoms with Crippen LogP contribution in [0, 0.1) is 0 Å². The van der Waals surface area contributed by atoms with Gasteiger partial charge in [0.2, 0.25) is 5.91 Å². The molecule has 3 aromatic carbocycles. The predicted octanol–water partition coefficient (Wildman–Crippen LogP) is 3.92. The van der Waals surface area contributed by atoms with Crippen molar-refractivity contribution >= 4 is 35.3 Å². The summed E-state index contributed by atoms with van der Waals surface area (Å²) in [6, 6.07) is 24.2. The molecular formula is C29H31N3O6. The molecule has 0 saturated carbocycles. The van der Waals surface area contributed by atoms with E-state index in [0.717, 1.165) is 54.4 Å². The Morgan fingerprint density at radius 2 is 1.45 bits per heavy atom. The zero-order chi connectivity index (χ0) is 27.5. The second kappa shape index (κ2) is 13.6. The number of anilines is 2. The molecule has 0 bridgehead atoms. The molecule has 3 N–H and O–H groups in total. The highest BCUT2D eigenvalue weighted by molar-refractivity contribution is 6.27. The molecule has 4 rings (SSSR count). The first-order valence-electron chi connectivity index (χ1n) is 12.0. The number of ether oxygens (including phenoxy) is 1. The number of benzene rings is 3. The van der Waals surface area contributed by atoms with E-state index in [1.807, 2.05) is 54.6 Å². The van der Waals surface area contributed by atoms with Gasteiger partial charge in [-0.2, -0.15) is 0 Å². The molecule has 0 unspecified atom stereocenters. The number of methoxy groups -OCH3 is 1. The number of nitrogens with one attached hydrogen (secondary N) is 1. The Morgan fingerprint density at radius 3 is 2.03 bits per heavy atom. The summed E-state index contributed by atoms with van der Waals surface area (Å²) in [4.78, 5) is 35.3. The molecule has 1 heterocycles. The van der Waals surface area contributed by atoms with Crippen molar-refractivity contribution in [3.63, 3.8) is 0 Å². The molecule has 1 saturated heterocycles. The number of piperazine rings is 1. The van der Waals surface area contributed by atoms with Crippen molar-refractivity contribution in [3.05, 3.63) is 84.4 Å². The van der Waals surface area contributed by atoms with Gasteiger partial charge in [0.15, 0.2) is 0 Å². The molecule has 3 aromatic rings. The van der Waals surface area contributed by atoms with Crippen molar-refractivity contribution in [1.82, 2.24) is 4.90 Å². The SMILES string of the molecule is COc1ccc(NC(=O)/C=C/c2ccc(-c3ccccc3)cc2)cc1N1CCN(C)CC1.O=C(O)C(=O)O. The van der Waals surface area contributed by atoms with Gasteiger partial charge in [-0.3, -0.25) is 4.79 Å². The van der Waals surface area contributed by atoms with E-state index in [1.54, 1.807) is 13.2 Å². The summed E-state index contributed by atoms with van der Waals surface area (Å²) in [6.45, 7) is 3.88. The largest absolute Gasteiger partial charge is 0.495 e. The fourth-order valence-corrected chi connectivity index (χ4v) is 3.84.